The molecular formula is C26H54O4Si2. The molecule has 0 spiro atoms. The smallest absolute Gasteiger partial charge is 0.310 e. The fraction of sp³-hybridized carbons (Fsp3) is 0.885. The molecule has 0 aliphatic carbocycles. The summed E-state index contributed by atoms with van der Waals surface area (Å²) in [5, 5.41) is 0.1000. The minimum atomic E-state index is -2.22. The van der Waals surface area contributed by atoms with Crippen molar-refractivity contribution in [2.24, 2.45) is 11.8 Å². The van der Waals surface area contributed by atoms with Crippen LogP contribution in [0.2, 0.25) is 34.8 Å². The van der Waals surface area contributed by atoms with Crippen molar-refractivity contribution in [3.8, 4) is 0 Å². The molecule has 0 fully saturated rings. The summed E-state index contributed by atoms with van der Waals surface area (Å²) in [4.78, 5) is 12.7. The second-order valence-electron chi connectivity index (χ2n) is 12.0. The maximum absolute atomic E-state index is 12.7. The minimum Gasteiger partial charge on any atom is -0.469 e. The van der Waals surface area contributed by atoms with E-state index >= 15 is 0 Å². The molecule has 0 radical (unpaired) electrons. The van der Waals surface area contributed by atoms with Crippen molar-refractivity contribution in [3.63, 3.8) is 0 Å². The topological polar surface area (TPSA) is 44.8 Å². The first kappa shape index (κ1) is 31.6. The molecule has 0 aliphatic heterocycles. The average molecular weight is 487 g/mol. The maximum atomic E-state index is 12.7. The van der Waals surface area contributed by atoms with E-state index in [1.54, 1.807) is 0 Å². The largest absolute Gasteiger partial charge is 0.469 e. The Morgan fingerprint density at radius 2 is 1.34 bits per heavy atom. The Hall–Kier alpha value is -0.436. The van der Waals surface area contributed by atoms with Gasteiger partial charge in [-0.05, 0) is 48.1 Å². The fourth-order valence-electron chi connectivity index (χ4n) is 4.93. The molecule has 0 heterocycles. The molecule has 0 saturated heterocycles. The maximum Gasteiger partial charge on any atom is 0.310 e. The van der Waals surface area contributed by atoms with Gasteiger partial charge < -0.3 is 13.6 Å². The van der Waals surface area contributed by atoms with Crippen molar-refractivity contribution in [2.75, 3.05) is 7.11 Å². The van der Waals surface area contributed by atoms with E-state index in [9.17, 15) is 4.79 Å². The van der Waals surface area contributed by atoms with Crippen molar-refractivity contribution in [1.82, 2.24) is 0 Å². The van der Waals surface area contributed by atoms with Crippen LogP contribution in [0, 0.1) is 11.8 Å². The van der Waals surface area contributed by atoms with Crippen LogP contribution in [-0.4, -0.2) is 41.9 Å². The third kappa shape index (κ3) is 7.28. The molecule has 0 aromatic rings. The Bertz CT molecular complexity index is 571. The molecule has 190 valence electrons. The zero-order chi connectivity index (χ0) is 25.7. The Balaban J connectivity index is 6.45. The minimum absolute atomic E-state index is 0.0272. The molecule has 0 aliphatic rings. The number of hydrogen-bond acceptors (Lipinski definition) is 4. The lowest BCUT2D eigenvalue weighted by atomic mass is 9.88. The van der Waals surface area contributed by atoms with Crippen molar-refractivity contribution in [2.45, 2.75) is 130 Å². The molecule has 4 nitrogen and oxygen atoms in total. The van der Waals surface area contributed by atoms with Gasteiger partial charge in [0.1, 0.15) is 0 Å². The Morgan fingerprint density at radius 3 is 1.66 bits per heavy atom. The first-order chi connectivity index (χ1) is 14.4. The van der Waals surface area contributed by atoms with Crippen LogP contribution >= 0.6 is 0 Å². The van der Waals surface area contributed by atoms with Crippen molar-refractivity contribution >= 4 is 22.6 Å². The van der Waals surface area contributed by atoms with Crippen molar-refractivity contribution in [3.05, 3.63) is 12.7 Å². The van der Waals surface area contributed by atoms with Gasteiger partial charge in [-0.15, -0.1) is 6.58 Å². The lowest BCUT2D eigenvalue weighted by Gasteiger charge is -2.48. The zero-order valence-electron chi connectivity index (χ0n) is 23.7. The second kappa shape index (κ2) is 12.3. The third-order valence-electron chi connectivity index (χ3n) is 7.87. The molecule has 0 saturated carbocycles. The van der Waals surface area contributed by atoms with Gasteiger partial charge in [-0.3, -0.25) is 4.79 Å². The third-order valence-corrected chi connectivity index (χ3v) is 18.5. The molecule has 0 rings (SSSR count). The number of methoxy groups -OCH3 is 1. The summed E-state index contributed by atoms with van der Waals surface area (Å²) in [6.07, 6.45) is 2.35. The molecular weight excluding hydrogens is 432 g/mol. The highest BCUT2D eigenvalue weighted by molar-refractivity contribution is 6.77. The van der Waals surface area contributed by atoms with E-state index in [1.807, 2.05) is 13.0 Å². The molecule has 0 amide bonds. The van der Waals surface area contributed by atoms with Gasteiger partial charge in [0.2, 0.25) is 8.32 Å². The first-order valence-electron chi connectivity index (χ1n) is 12.4. The standard InChI is InChI=1S/C26H54O4Si2/c1-16-17-23(29-31(14,15)26(10,11)12)21(8)24(22(9)25(27)28-13)30-32(18(2)3,19(4)5)20(6)7/h16,18-24H,1,17H2,2-15H3/t21-,22+,23-,24-/m1/s1. The molecule has 0 unspecified atom stereocenters. The van der Waals surface area contributed by atoms with Crippen LogP contribution in [-0.2, 0) is 18.4 Å². The number of rotatable bonds is 13. The Labute approximate surface area is 202 Å². The summed E-state index contributed by atoms with van der Waals surface area (Å²) < 4.78 is 19.3. The van der Waals surface area contributed by atoms with Crippen LogP contribution in [0.5, 0.6) is 0 Å². The summed E-state index contributed by atoms with van der Waals surface area (Å²) in [5.41, 5.74) is 1.30. The number of ether oxygens (including phenoxy) is 1. The van der Waals surface area contributed by atoms with Crippen LogP contribution in [0.1, 0.15) is 82.6 Å². The summed E-state index contributed by atoms with van der Waals surface area (Å²) >= 11 is 0. The van der Waals surface area contributed by atoms with E-state index in [4.69, 9.17) is 13.6 Å². The van der Waals surface area contributed by atoms with Gasteiger partial charge in [0, 0.05) is 5.92 Å². The van der Waals surface area contributed by atoms with Crippen LogP contribution in [0.25, 0.3) is 0 Å². The quantitative estimate of drug-likeness (QED) is 0.150. The molecule has 6 heteroatoms. The van der Waals surface area contributed by atoms with Crippen molar-refractivity contribution < 1.29 is 18.4 Å². The average Bonchev–Trinajstić information content (AvgIpc) is 2.64. The van der Waals surface area contributed by atoms with E-state index in [0.717, 1.165) is 6.42 Å². The van der Waals surface area contributed by atoms with E-state index in [2.05, 4.69) is 88.9 Å². The van der Waals surface area contributed by atoms with Crippen LogP contribution in [0.4, 0.5) is 0 Å². The molecule has 0 N–H and O–H groups in total. The highest BCUT2D eigenvalue weighted by Crippen LogP contribution is 2.46. The highest BCUT2D eigenvalue weighted by Gasteiger charge is 2.50. The van der Waals surface area contributed by atoms with Gasteiger partial charge in [-0.2, -0.15) is 0 Å². The van der Waals surface area contributed by atoms with E-state index < -0.39 is 16.6 Å². The SMILES string of the molecule is C=CC[C@@H](O[Si](C)(C)C(C)(C)C)[C@@H](C)[C@@H](O[Si](C(C)C)(C(C)C)C(C)C)[C@H](C)C(=O)OC. The van der Waals surface area contributed by atoms with Crippen LogP contribution < -0.4 is 0 Å². The van der Waals surface area contributed by atoms with Gasteiger partial charge in [-0.1, -0.05) is 75.3 Å². The van der Waals surface area contributed by atoms with E-state index in [-0.39, 0.29) is 35.1 Å². The molecule has 0 aromatic heterocycles. The molecule has 0 aromatic carbocycles. The Morgan fingerprint density at radius 1 is 0.906 bits per heavy atom. The van der Waals surface area contributed by atoms with Gasteiger partial charge in [0.05, 0.1) is 25.2 Å². The number of carbonyl (C=O) groups is 1. The highest BCUT2D eigenvalue weighted by atomic mass is 28.4. The fourth-order valence-corrected chi connectivity index (χ4v) is 12.1. The molecule has 0 bridgehead atoms. The second-order valence-corrected chi connectivity index (χ2v) is 22.2. The van der Waals surface area contributed by atoms with Crippen LogP contribution in [0.3, 0.4) is 0 Å². The van der Waals surface area contributed by atoms with E-state index in [1.165, 1.54) is 7.11 Å². The summed E-state index contributed by atoms with van der Waals surface area (Å²) in [5.74, 6) is -0.557. The van der Waals surface area contributed by atoms with E-state index in [0.29, 0.717) is 16.6 Å². The Kier molecular flexibility index (Phi) is 12.2. The van der Waals surface area contributed by atoms with Gasteiger partial charge in [-0.25, -0.2) is 0 Å². The van der Waals surface area contributed by atoms with Crippen LogP contribution in [0.15, 0.2) is 12.7 Å². The summed E-state index contributed by atoms with van der Waals surface area (Å²) in [6.45, 7) is 33.2. The first-order valence-corrected chi connectivity index (χ1v) is 17.5. The molecule has 32 heavy (non-hydrogen) atoms. The number of carbonyl (C=O) groups excluding carboxylic acids is 1. The summed E-state index contributed by atoms with van der Waals surface area (Å²) in [7, 11) is -2.77. The van der Waals surface area contributed by atoms with Gasteiger partial charge in [0.25, 0.3) is 0 Å². The molecule has 4 atom stereocenters. The monoisotopic (exact) mass is 486 g/mol. The number of esters is 1. The summed E-state index contributed by atoms with van der Waals surface area (Å²) in [6, 6.07) is 0. The zero-order valence-corrected chi connectivity index (χ0v) is 25.7. The lowest BCUT2D eigenvalue weighted by molar-refractivity contribution is -0.150. The number of hydrogen-bond donors (Lipinski definition) is 0. The van der Waals surface area contributed by atoms with Crippen molar-refractivity contribution in [1.29, 1.82) is 0 Å². The normalized spacial score (nSPS) is 17.4. The lowest BCUT2D eigenvalue weighted by Crippen LogP contribution is -2.55. The van der Waals surface area contributed by atoms with Gasteiger partial charge in [0.15, 0.2) is 8.32 Å². The van der Waals surface area contributed by atoms with Gasteiger partial charge >= 0.3 is 5.97 Å². The predicted molar refractivity (Wildman–Crippen MR) is 143 cm³/mol. The predicted octanol–water partition coefficient (Wildman–Crippen LogP) is 7.96.